The Labute approximate surface area is 185 Å². The van der Waals surface area contributed by atoms with Gasteiger partial charge in [0.05, 0.1) is 9.79 Å². The van der Waals surface area contributed by atoms with Gasteiger partial charge < -0.3 is 9.80 Å². The fraction of sp³-hybridized carbons (Fsp3) is 0.500. The van der Waals surface area contributed by atoms with Gasteiger partial charge in [0.15, 0.2) is 0 Å². The van der Waals surface area contributed by atoms with Crippen LogP contribution in [0.2, 0.25) is 5.02 Å². The van der Waals surface area contributed by atoms with Gasteiger partial charge in [-0.3, -0.25) is 0 Å². The van der Waals surface area contributed by atoms with Gasteiger partial charge in [-0.25, -0.2) is 8.42 Å². The Kier molecular flexibility index (Phi) is 6.83. The van der Waals surface area contributed by atoms with E-state index in [4.69, 9.17) is 11.6 Å². The number of likely N-dealkylation sites (tertiary alicyclic amines) is 2. The second-order valence-corrected chi connectivity index (χ2v) is 11.2. The summed E-state index contributed by atoms with van der Waals surface area (Å²) in [6.45, 7) is 4.82. The average Bonchev–Trinajstić information content (AvgIpc) is 2.75. The molecule has 4 rings (SSSR count). The zero-order valence-corrected chi connectivity index (χ0v) is 19.2. The van der Waals surface area contributed by atoms with Crippen molar-refractivity contribution in [1.82, 2.24) is 9.80 Å². The van der Waals surface area contributed by atoms with E-state index in [0.29, 0.717) is 15.8 Å². The summed E-state index contributed by atoms with van der Waals surface area (Å²) in [6.07, 6.45) is 6.08. The van der Waals surface area contributed by atoms with Gasteiger partial charge in [0.1, 0.15) is 0 Å². The average molecular weight is 447 g/mol. The number of piperidine rings is 2. The van der Waals surface area contributed by atoms with E-state index in [2.05, 4.69) is 16.8 Å². The molecule has 6 heteroatoms. The molecule has 0 atom stereocenters. The Morgan fingerprint density at radius 3 is 2.20 bits per heavy atom. The van der Waals surface area contributed by atoms with Gasteiger partial charge in [0.2, 0.25) is 9.84 Å². The third kappa shape index (κ3) is 5.08. The molecule has 0 saturated carbocycles. The summed E-state index contributed by atoms with van der Waals surface area (Å²) in [7, 11) is -1.31. The van der Waals surface area contributed by atoms with E-state index in [-0.39, 0.29) is 4.90 Å². The van der Waals surface area contributed by atoms with Crippen LogP contribution in [0.25, 0.3) is 0 Å². The molecule has 0 N–H and O–H groups in total. The highest BCUT2D eigenvalue weighted by molar-refractivity contribution is 7.91. The second kappa shape index (κ2) is 9.39. The SMILES string of the molecule is CN1CCC(N2CCC(Cc3ccc(S(=O)(=O)c4cccc(Cl)c4)cc3)CC2)CC1. The van der Waals surface area contributed by atoms with Crippen molar-refractivity contribution < 1.29 is 8.42 Å². The van der Waals surface area contributed by atoms with Crippen LogP contribution >= 0.6 is 11.6 Å². The third-order valence-electron chi connectivity index (χ3n) is 6.72. The van der Waals surface area contributed by atoms with Gasteiger partial charge in [-0.1, -0.05) is 29.8 Å². The van der Waals surface area contributed by atoms with Crippen LogP contribution in [0.4, 0.5) is 0 Å². The molecular weight excluding hydrogens is 416 g/mol. The summed E-state index contributed by atoms with van der Waals surface area (Å²) < 4.78 is 25.7. The molecular formula is C24H31ClN2O2S. The van der Waals surface area contributed by atoms with Crippen molar-refractivity contribution >= 4 is 21.4 Å². The highest BCUT2D eigenvalue weighted by Crippen LogP contribution is 2.28. The molecule has 30 heavy (non-hydrogen) atoms. The number of hydrogen-bond acceptors (Lipinski definition) is 4. The number of nitrogens with zero attached hydrogens (tertiary/aromatic N) is 2. The van der Waals surface area contributed by atoms with Crippen LogP contribution in [0.15, 0.2) is 58.3 Å². The zero-order valence-electron chi connectivity index (χ0n) is 17.6. The Hall–Kier alpha value is -1.40. The van der Waals surface area contributed by atoms with Crippen LogP contribution in [-0.4, -0.2) is 57.5 Å². The van der Waals surface area contributed by atoms with E-state index >= 15 is 0 Å². The van der Waals surface area contributed by atoms with Crippen molar-refractivity contribution in [2.75, 3.05) is 33.2 Å². The minimum Gasteiger partial charge on any atom is -0.306 e. The third-order valence-corrected chi connectivity index (χ3v) is 8.72. The lowest BCUT2D eigenvalue weighted by molar-refractivity contribution is 0.0855. The first-order valence-electron chi connectivity index (χ1n) is 10.9. The largest absolute Gasteiger partial charge is 0.306 e. The molecule has 2 saturated heterocycles. The minimum absolute atomic E-state index is 0.240. The molecule has 0 spiro atoms. The van der Waals surface area contributed by atoms with Gasteiger partial charge >= 0.3 is 0 Å². The van der Waals surface area contributed by atoms with Crippen molar-refractivity contribution in [3.8, 4) is 0 Å². The maximum atomic E-state index is 12.8. The molecule has 0 aromatic heterocycles. The summed E-state index contributed by atoms with van der Waals surface area (Å²) in [5.41, 5.74) is 1.22. The van der Waals surface area contributed by atoms with Crippen LogP contribution in [0.1, 0.15) is 31.2 Å². The van der Waals surface area contributed by atoms with Gasteiger partial charge in [-0.05, 0) is 107 Å². The summed E-state index contributed by atoms with van der Waals surface area (Å²) >= 11 is 5.97. The predicted molar refractivity (Wildman–Crippen MR) is 122 cm³/mol. The van der Waals surface area contributed by atoms with E-state index in [1.807, 2.05) is 12.1 Å². The van der Waals surface area contributed by atoms with E-state index in [9.17, 15) is 8.42 Å². The lowest BCUT2D eigenvalue weighted by Crippen LogP contribution is -2.47. The normalized spacial score (nSPS) is 20.5. The summed E-state index contributed by atoms with van der Waals surface area (Å²) in [5.74, 6) is 0.683. The van der Waals surface area contributed by atoms with Crippen LogP contribution in [0.3, 0.4) is 0 Å². The second-order valence-electron chi connectivity index (χ2n) is 8.82. The lowest BCUT2D eigenvalue weighted by Gasteiger charge is -2.41. The van der Waals surface area contributed by atoms with Gasteiger partial charge in [0, 0.05) is 11.1 Å². The first-order chi connectivity index (χ1) is 14.4. The number of hydrogen-bond donors (Lipinski definition) is 0. The monoisotopic (exact) mass is 446 g/mol. The number of halogens is 1. The van der Waals surface area contributed by atoms with Crippen molar-refractivity contribution in [3.63, 3.8) is 0 Å². The van der Waals surface area contributed by atoms with Gasteiger partial charge in [-0.15, -0.1) is 0 Å². The fourth-order valence-corrected chi connectivity index (χ4v) is 6.35. The summed E-state index contributed by atoms with van der Waals surface area (Å²) in [5, 5.41) is 0.430. The maximum absolute atomic E-state index is 12.8. The molecule has 0 bridgehead atoms. The molecule has 0 aliphatic carbocycles. The maximum Gasteiger partial charge on any atom is 0.206 e. The van der Waals surface area contributed by atoms with E-state index in [1.54, 1.807) is 30.3 Å². The molecule has 2 aliphatic rings. The Bertz CT molecular complexity index is 945. The van der Waals surface area contributed by atoms with Gasteiger partial charge in [-0.2, -0.15) is 0 Å². The Balaban J connectivity index is 1.33. The highest BCUT2D eigenvalue weighted by Gasteiger charge is 2.27. The van der Waals surface area contributed by atoms with Crippen molar-refractivity contribution in [2.45, 2.75) is 47.9 Å². The topological polar surface area (TPSA) is 40.6 Å². The van der Waals surface area contributed by atoms with Crippen molar-refractivity contribution in [2.24, 2.45) is 5.92 Å². The summed E-state index contributed by atoms with van der Waals surface area (Å²) in [4.78, 5) is 5.69. The molecule has 2 aromatic carbocycles. The minimum atomic E-state index is -3.53. The van der Waals surface area contributed by atoms with Gasteiger partial charge in [0.25, 0.3) is 0 Å². The molecule has 0 unspecified atom stereocenters. The standard InChI is InChI=1S/C24H31ClN2O2S/c1-26-13-11-22(12-14-26)27-15-9-20(10-16-27)17-19-5-7-23(8-6-19)30(28,29)24-4-2-3-21(25)18-24/h2-8,18,20,22H,9-17H2,1H3. The molecule has 4 nitrogen and oxygen atoms in total. The van der Waals surface area contributed by atoms with Crippen LogP contribution in [0.5, 0.6) is 0 Å². The highest BCUT2D eigenvalue weighted by atomic mass is 35.5. The van der Waals surface area contributed by atoms with E-state index < -0.39 is 9.84 Å². The quantitative estimate of drug-likeness (QED) is 0.677. The van der Waals surface area contributed by atoms with Crippen LogP contribution in [-0.2, 0) is 16.3 Å². The lowest BCUT2D eigenvalue weighted by atomic mass is 9.88. The van der Waals surface area contributed by atoms with E-state index in [0.717, 1.165) is 12.5 Å². The molecule has 162 valence electrons. The molecule has 0 radical (unpaired) electrons. The number of sulfone groups is 1. The Morgan fingerprint density at radius 2 is 1.57 bits per heavy atom. The molecule has 0 amide bonds. The predicted octanol–water partition coefficient (Wildman–Crippen LogP) is 4.52. The van der Waals surface area contributed by atoms with Crippen LogP contribution in [0, 0.1) is 5.92 Å². The molecule has 2 fully saturated rings. The van der Waals surface area contributed by atoms with Crippen molar-refractivity contribution in [1.29, 1.82) is 0 Å². The van der Waals surface area contributed by atoms with Crippen molar-refractivity contribution in [3.05, 3.63) is 59.1 Å². The number of rotatable bonds is 5. The van der Waals surface area contributed by atoms with E-state index in [1.165, 1.54) is 63.5 Å². The molecule has 2 aliphatic heterocycles. The smallest absolute Gasteiger partial charge is 0.206 e. The zero-order chi connectivity index (χ0) is 21.1. The first-order valence-corrected chi connectivity index (χ1v) is 12.8. The Morgan fingerprint density at radius 1 is 0.900 bits per heavy atom. The number of benzene rings is 2. The summed E-state index contributed by atoms with van der Waals surface area (Å²) in [6, 6.07) is 14.6. The van der Waals surface area contributed by atoms with Crippen LogP contribution < -0.4 is 0 Å². The molecule has 2 aromatic rings. The fourth-order valence-electron chi connectivity index (χ4n) is 4.79. The first kappa shape index (κ1) is 21.8. The molecule has 2 heterocycles.